The van der Waals surface area contributed by atoms with Crippen molar-refractivity contribution in [3.63, 3.8) is 0 Å². The third kappa shape index (κ3) is 2.15. The standard InChI is InChI=1S/C16H22N2O2/c19-15(20)4-14-8-17-18(9-14)10-16-5-11-1-12(6-16)3-13(2-11)7-16/h8-9,11-13H,1-7,10H2,(H,19,20). The average Bonchev–Trinajstić information content (AvgIpc) is 2.72. The Labute approximate surface area is 119 Å². The summed E-state index contributed by atoms with van der Waals surface area (Å²) in [7, 11) is 0. The van der Waals surface area contributed by atoms with E-state index < -0.39 is 5.97 Å². The maximum atomic E-state index is 10.8. The van der Waals surface area contributed by atoms with E-state index in [4.69, 9.17) is 5.11 Å². The summed E-state index contributed by atoms with van der Waals surface area (Å²) in [5.74, 6) is 2.08. The van der Waals surface area contributed by atoms with Gasteiger partial charge in [0.05, 0.1) is 12.6 Å². The summed E-state index contributed by atoms with van der Waals surface area (Å²) in [5.41, 5.74) is 1.28. The van der Waals surface area contributed by atoms with E-state index in [1.165, 1.54) is 38.5 Å². The van der Waals surface area contributed by atoms with Crippen molar-refractivity contribution in [1.29, 1.82) is 0 Å². The number of hydrogen-bond donors (Lipinski definition) is 1. The van der Waals surface area contributed by atoms with E-state index in [0.29, 0.717) is 5.41 Å². The normalized spacial score (nSPS) is 38.3. The van der Waals surface area contributed by atoms with Crippen LogP contribution in [0.3, 0.4) is 0 Å². The van der Waals surface area contributed by atoms with Gasteiger partial charge in [-0.05, 0) is 61.7 Å². The average molecular weight is 274 g/mol. The molecule has 4 saturated carbocycles. The van der Waals surface area contributed by atoms with Gasteiger partial charge >= 0.3 is 5.97 Å². The lowest BCUT2D eigenvalue weighted by molar-refractivity contribution is -0.136. The lowest BCUT2D eigenvalue weighted by Gasteiger charge is -2.56. The lowest BCUT2D eigenvalue weighted by atomic mass is 9.49. The highest BCUT2D eigenvalue weighted by Crippen LogP contribution is 2.60. The molecule has 5 rings (SSSR count). The largest absolute Gasteiger partial charge is 0.481 e. The molecule has 4 heteroatoms. The highest BCUT2D eigenvalue weighted by Gasteiger charge is 2.50. The predicted octanol–water partition coefficient (Wildman–Crippen LogP) is 2.73. The molecule has 4 fully saturated rings. The maximum absolute atomic E-state index is 10.8. The molecule has 0 aromatic carbocycles. The predicted molar refractivity (Wildman–Crippen MR) is 74.2 cm³/mol. The Bertz CT molecular complexity index is 499. The van der Waals surface area contributed by atoms with Gasteiger partial charge in [-0.1, -0.05) is 0 Å². The second kappa shape index (κ2) is 4.34. The van der Waals surface area contributed by atoms with Crippen LogP contribution in [0.15, 0.2) is 12.4 Å². The van der Waals surface area contributed by atoms with E-state index in [-0.39, 0.29) is 6.42 Å². The van der Waals surface area contributed by atoms with Crippen molar-refractivity contribution < 1.29 is 9.90 Å². The number of nitrogens with zero attached hydrogens (tertiary/aromatic N) is 2. The summed E-state index contributed by atoms with van der Waals surface area (Å²) >= 11 is 0. The lowest BCUT2D eigenvalue weighted by Crippen LogP contribution is -2.47. The number of aromatic nitrogens is 2. The number of rotatable bonds is 4. The zero-order chi connectivity index (χ0) is 13.7. The summed E-state index contributed by atoms with van der Waals surface area (Å²) in [6.45, 7) is 0.996. The van der Waals surface area contributed by atoms with Crippen LogP contribution in [0.5, 0.6) is 0 Å². The van der Waals surface area contributed by atoms with Crippen LogP contribution < -0.4 is 0 Å². The van der Waals surface area contributed by atoms with Gasteiger partial charge in [-0.15, -0.1) is 0 Å². The molecule has 0 radical (unpaired) electrons. The van der Waals surface area contributed by atoms with Crippen molar-refractivity contribution in [3.8, 4) is 0 Å². The first-order chi connectivity index (χ1) is 9.60. The maximum Gasteiger partial charge on any atom is 0.307 e. The van der Waals surface area contributed by atoms with Gasteiger partial charge in [0.2, 0.25) is 0 Å². The summed E-state index contributed by atoms with van der Waals surface area (Å²) in [6, 6.07) is 0. The number of carboxylic acid groups (broad SMARTS) is 1. The SMILES string of the molecule is O=C(O)Cc1cnn(CC23CC4CC(CC(C4)C2)C3)c1. The van der Waals surface area contributed by atoms with Crippen molar-refractivity contribution in [1.82, 2.24) is 9.78 Å². The molecule has 1 aromatic rings. The Morgan fingerprint density at radius 1 is 1.25 bits per heavy atom. The van der Waals surface area contributed by atoms with E-state index in [0.717, 1.165) is 29.9 Å². The number of carboxylic acids is 1. The zero-order valence-corrected chi connectivity index (χ0v) is 11.8. The van der Waals surface area contributed by atoms with Crippen LogP contribution in [0.1, 0.15) is 44.1 Å². The molecule has 1 aromatic heterocycles. The Morgan fingerprint density at radius 3 is 2.40 bits per heavy atom. The van der Waals surface area contributed by atoms with Gasteiger partial charge < -0.3 is 5.11 Å². The van der Waals surface area contributed by atoms with Crippen LogP contribution in [0.4, 0.5) is 0 Å². The van der Waals surface area contributed by atoms with Crippen LogP contribution in [-0.2, 0) is 17.8 Å². The minimum Gasteiger partial charge on any atom is -0.481 e. The molecule has 108 valence electrons. The molecule has 0 atom stereocenters. The Kier molecular flexibility index (Phi) is 2.69. The molecule has 4 bridgehead atoms. The first kappa shape index (κ1) is 12.4. The smallest absolute Gasteiger partial charge is 0.307 e. The fourth-order valence-corrected chi connectivity index (χ4v) is 5.59. The van der Waals surface area contributed by atoms with E-state index in [1.54, 1.807) is 6.20 Å². The quantitative estimate of drug-likeness (QED) is 0.918. The molecule has 0 saturated heterocycles. The third-order valence-corrected chi connectivity index (χ3v) is 5.70. The second-order valence-electron chi connectivity index (χ2n) is 7.53. The van der Waals surface area contributed by atoms with E-state index in [1.807, 2.05) is 10.9 Å². The molecular formula is C16H22N2O2. The van der Waals surface area contributed by atoms with Crippen molar-refractivity contribution in [3.05, 3.63) is 18.0 Å². The first-order valence-electron chi connectivity index (χ1n) is 7.83. The zero-order valence-electron chi connectivity index (χ0n) is 11.8. The van der Waals surface area contributed by atoms with Gasteiger partial charge in [0.15, 0.2) is 0 Å². The molecule has 0 aliphatic heterocycles. The van der Waals surface area contributed by atoms with E-state index in [9.17, 15) is 4.79 Å². The fraction of sp³-hybridized carbons (Fsp3) is 0.750. The van der Waals surface area contributed by atoms with Gasteiger partial charge in [-0.2, -0.15) is 5.10 Å². The van der Waals surface area contributed by atoms with Crippen molar-refractivity contribution in [2.24, 2.45) is 23.2 Å². The topological polar surface area (TPSA) is 55.1 Å². The second-order valence-corrected chi connectivity index (χ2v) is 7.53. The minimum atomic E-state index is -0.778. The monoisotopic (exact) mass is 274 g/mol. The van der Waals surface area contributed by atoms with Crippen molar-refractivity contribution >= 4 is 5.97 Å². The molecule has 4 aliphatic carbocycles. The fourth-order valence-electron chi connectivity index (χ4n) is 5.59. The van der Waals surface area contributed by atoms with Crippen LogP contribution >= 0.6 is 0 Å². The molecule has 1 heterocycles. The van der Waals surface area contributed by atoms with Gasteiger partial charge in [-0.3, -0.25) is 9.48 Å². The van der Waals surface area contributed by atoms with Crippen LogP contribution in [0, 0.1) is 23.2 Å². The van der Waals surface area contributed by atoms with Gasteiger partial charge in [0.25, 0.3) is 0 Å². The molecule has 0 spiro atoms. The molecular weight excluding hydrogens is 252 g/mol. The highest BCUT2D eigenvalue weighted by molar-refractivity contribution is 5.69. The molecule has 0 amide bonds. The molecule has 4 aliphatic rings. The van der Waals surface area contributed by atoms with E-state index in [2.05, 4.69) is 5.10 Å². The number of carbonyl (C=O) groups is 1. The van der Waals surface area contributed by atoms with Crippen LogP contribution in [-0.4, -0.2) is 20.9 Å². The summed E-state index contributed by atoms with van der Waals surface area (Å²) in [5, 5.41) is 13.2. The Morgan fingerprint density at radius 2 is 1.85 bits per heavy atom. The molecule has 4 nitrogen and oxygen atoms in total. The first-order valence-corrected chi connectivity index (χ1v) is 7.83. The van der Waals surface area contributed by atoms with Gasteiger partial charge in [0, 0.05) is 18.3 Å². The summed E-state index contributed by atoms with van der Waals surface area (Å²) in [6.07, 6.45) is 12.2. The highest BCUT2D eigenvalue weighted by atomic mass is 16.4. The Balaban J connectivity index is 1.51. The summed E-state index contributed by atoms with van der Waals surface area (Å²) < 4.78 is 2.01. The molecule has 0 unspecified atom stereocenters. The summed E-state index contributed by atoms with van der Waals surface area (Å²) in [4.78, 5) is 10.8. The molecule has 1 N–H and O–H groups in total. The third-order valence-electron chi connectivity index (χ3n) is 5.70. The van der Waals surface area contributed by atoms with Gasteiger partial charge in [-0.25, -0.2) is 0 Å². The van der Waals surface area contributed by atoms with Crippen molar-refractivity contribution in [2.75, 3.05) is 0 Å². The van der Waals surface area contributed by atoms with Crippen LogP contribution in [0.2, 0.25) is 0 Å². The van der Waals surface area contributed by atoms with Crippen LogP contribution in [0.25, 0.3) is 0 Å². The number of aliphatic carboxylic acids is 1. The minimum absolute atomic E-state index is 0.0842. The Hall–Kier alpha value is -1.32. The van der Waals surface area contributed by atoms with E-state index >= 15 is 0 Å². The van der Waals surface area contributed by atoms with Gasteiger partial charge in [0.1, 0.15) is 0 Å². The van der Waals surface area contributed by atoms with Crippen molar-refractivity contribution in [2.45, 2.75) is 51.5 Å². The molecule has 20 heavy (non-hydrogen) atoms. The number of hydrogen-bond acceptors (Lipinski definition) is 2.